The minimum Gasteiger partial charge on any atom is -0.504 e. The Morgan fingerprint density at radius 2 is 2.33 bits per heavy atom. The molecule has 0 spiro atoms. The molecule has 9 nitrogen and oxygen atoms in total. The van der Waals surface area contributed by atoms with E-state index < -0.39 is 10.6 Å². The summed E-state index contributed by atoms with van der Waals surface area (Å²) in [4.78, 5) is 10.4. The van der Waals surface area contributed by atoms with Gasteiger partial charge in [-0.05, 0) is 24.3 Å². The fourth-order valence-corrected chi connectivity index (χ4v) is 1.48. The van der Waals surface area contributed by atoms with Gasteiger partial charge in [0.25, 0.3) is 0 Å². The first-order valence-corrected chi connectivity index (χ1v) is 5.02. The number of nitrogens with one attached hydrogen (secondary N) is 1. The summed E-state index contributed by atoms with van der Waals surface area (Å²) in [5, 5.41) is 33.6. The lowest BCUT2D eigenvalue weighted by molar-refractivity contribution is -0.385. The third kappa shape index (κ3) is 1.93. The van der Waals surface area contributed by atoms with Gasteiger partial charge in [-0.1, -0.05) is 0 Å². The summed E-state index contributed by atoms with van der Waals surface area (Å²) in [6, 6.07) is 2.62. The number of hydrogen-bond acceptors (Lipinski definition) is 7. The van der Waals surface area contributed by atoms with Crippen LogP contribution >= 0.6 is 0 Å². The monoisotopic (exact) mass is 251 g/mol. The van der Waals surface area contributed by atoms with Gasteiger partial charge in [-0.15, -0.1) is 10.2 Å². The maximum atomic E-state index is 11.1. The number of ether oxygens (including phenoxy) is 1. The topological polar surface area (TPSA) is 127 Å². The molecule has 18 heavy (non-hydrogen) atoms. The Hall–Kier alpha value is -2.71. The molecule has 1 aromatic carbocycles. The van der Waals surface area contributed by atoms with Crippen LogP contribution in [-0.4, -0.2) is 37.3 Å². The molecule has 2 N–H and O–H groups in total. The molecule has 0 unspecified atom stereocenters. The number of nitro benzene ring substituents is 1. The van der Waals surface area contributed by atoms with E-state index in [1.54, 1.807) is 6.92 Å². The molecule has 0 bridgehead atoms. The molecule has 1 aromatic heterocycles. The molecule has 0 aliphatic heterocycles. The van der Waals surface area contributed by atoms with Crippen molar-refractivity contribution in [3.05, 3.63) is 22.2 Å². The number of rotatable bonds is 4. The third-order valence-corrected chi connectivity index (χ3v) is 2.17. The second kappa shape index (κ2) is 4.65. The molecule has 94 valence electrons. The Bertz CT molecular complexity index is 569. The highest BCUT2D eigenvalue weighted by Crippen LogP contribution is 2.42. The second-order valence-corrected chi connectivity index (χ2v) is 3.24. The van der Waals surface area contributed by atoms with Crippen LogP contribution in [0.25, 0.3) is 11.4 Å². The average molecular weight is 251 g/mol. The van der Waals surface area contributed by atoms with E-state index in [0.29, 0.717) is 0 Å². The van der Waals surface area contributed by atoms with E-state index in [4.69, 9.17) is 4.74 Å². The second-order valence-electron chi connectivity index (χ2n) is 3.24. The first-order valence-electron chi connectivity index (χ1n) is 5.02. The van der Waals surface area contributed by atoms with Crippen molar-refractivity contribution in [1.29, 1.82) is 0 Å². The molecule has 2 aromatic rings. The van der Waals surface area contributed by atoms with Gasteiger partial charge in [0.2, 0.25) is 11.6 Å². The van der Waals surface area contributed by atoms with Crippen LogP contribution in [-0.2, 0) is 0 Å². The summed E-state index contributed by atoms with van der Waals surface area (Å²) in [6.45, 7) is 1.84. The smallest absolute Gasteiger partial charge is 0.325 e. The Labute approximate surface area is 101 Å². The Balaban J connectivity index is 2.67. The minimum atomic E-state index is -0.656. The van der Waals surface area contributed by atoms with E-state index in [9.17, 15) is 15.2 Å². The van der Waals surface area contributed by atoms with Crippen LogP contribution in [0.4, 0.5) is 5.69 Å². The van der Waals surface area contributed by atoms with Crippen molar-refractivity contribution in [3.8, 4) is 22.9 Å². The molecule has 2 rings (SSSR count). The summed E-state index contributed by atoms with van der Waals surface area (Å²) in [6.07, 6.45) is 0. The summed E-state index contributed by atoms with van der Waals surface area (Å²) in [5.74, 6) is -0.455. The molecule has 0 amide bonds. The quantitative estimate of drug-likeness (QED) is 0.609. The van der Waals surface area contributed by atoms with Crippen LogP contribution in [0, 0.1) is 10.1 Å². The van der Waals surface area contributed by atoms with Crippen molar-refractivity contribution in [2.75, 3.05) is 6.61 Å². The number of phenols is 1. The normalized spacial score (nSPS) is 10.3. The lowest BCUT2D eigenvalue weighted by Crippen LogP contribution is -2.00. The van der Waals surface area contributed by atoms with E-state index >= 15 is 0 Å². The third-order valence-electron chi connectivity index (χ3n) is 2.17. The number of nitrogens with zero attached hydrogens (tertiary/aromatic N) is 4. The summed E-state index contributed by atoms with van der Waals surface area (Å²) >= 11 is 0. The molecule has 9 heteroatoms. The highest BCUT2D eigenvalue weighted by atomic mass is 16.6. The minimum absolute atomic E-state index is 0.0580. The van der Waals surface area contributed by atoms with E-state index in [2.05, 4.69) is 20.6 Å². The fourth-order valence-electron chi connectivity index (χ4n) is 1.48. The van der Waals surface area contributed by atoms with Crippen molar-refractivity contribution < 1.29 is 14.8 Å². The predicted molar refractivity (Wildman–Crippen MR) is 59.1 cm³/mol. The van der Waals surface area contributed by atoms with Gasteiger partial charge >= 0.3 is 5.69 Å². The first-order chi connectivity index (χ1) is 8.65. The van der Waals surface area contributed by atoms with E-state index in [0.717, 1.165) is 0 Å². The van der Waals surface area contributed by atoms with Crippen LogP contribution in [0.3, 0.4) is 0 Å². The molecule has 0 fully saturated rings. The Morgan fingerprint density at radius 1 is 1.56 bits per heavy atom. The van der Waals surface area contributed by atoms with Gasteiger partial charge in [0.05, 0.1) is 11.5 Å². The van der Waals surface area contributed by atoms with Crippen molar-refractivity contribution >= 4 is 5.69 Å². The van der Waals surface area contributed by atoms with Gasteiger partial charge in [-0.25, -0.2) is 0 Å². The van der Waals surface area contributed by atoms with Gasteiger partial charge in [-0.2, -0.15) is 5.21 Å². The standard InChI is InChI=1S/C9H9N5O4/c1-2-18-8-6(15)4-3-5(7(8)14(16)17)9-10-12-13-11-9/h3-4,15H,2H2,1H3,(H,10,11,12,13). The average Bonchev–Trinajstić information content (AvgIpc) is 2.85. The van der Waals surface area contributed by atoms with Gasteiger partial charge in [0.1, 0.15) is 5.56 Å². The lowest BCUT2D eigenvalue weighted by Gasteiger charge is -2.08. The highest BCUT2D eigenvalue weighted by molar-refractivity contribution is 5.75. The van der Waals surface area contributed by atoms with Gasteiger partial charge < -0.3 is 9.84 Å². The number of aromatic hydroxyl groups is 1. The fraction of sp³-hybridized carbons (Fsp3) is 0.222. The predicted octanol–water partition coefficient (Wildman–Crippen LogP) is 0.879. The molecule has 0 radical (unpaired) electrons. The zero-order valence-electron chi connectivity index (χ0n) is 9.32. The zero-order valence-corrected chi connectivity index (χ0v) is 9.32. The molecule has 0 aliphatic rings. The highest BCUT2D eigenvalue weighted by Gasteiger charge is 2.27. The number of tetrazole rings is 1. The van der Waals surface area contributed by atoms with Crippen molar-refractivity contribution in [2.24, 2.45) is 0 Å². The summed E-state index contributed by atoms with van der Waals surface area (Å²) in [5.41, 5.74) is -0.270. The number of aromatic amines is 1. The molecule has 1 heterocycles. The van der Waals surface area contributed by atoms with Crippen molar-refractivity contribution in [3.63, 3.8) is 0 Å². The largest absolute Gasteiger partial charge is 0.504 e. The number of phenolic OH excluding ortho intramolecular Hbond substituents is 1. The molecule has 0 aliphatic carbocycles. The van der Waals surface area contributed by atoms with Crippen LogP contribution in [0.2, 0.25) is 0 Å². The zero-order chi connectivity index (χ0) is 13.1. The Kier molecular flexibility index (Phi) is 3.04. The van der Waals surface area contributed by atoms with Crippen LogP contribution < -0.4 is 4.74 Å². The molecule has 0 saturated heterocycles. The van der Waals surface area contributed by atoms with Crippen LogP contribution in [0.1, 0.15) is 6.92 Å². The van der Waals surface area contributed by atoms with E-state index in [1.165, 1.54) is 12.1 Å². The van der Waals surface area contributed by atoms with Crippen molar-refractivity contribution in [2.45, 2.75) is 6.92 Å². The molecule has 0 saturated carbocycles. The maximum absolute atomic E-state index is 11.1. The van der Waals surface area contributed by atoms with Crippen LogP contribution in [0.5, 0.6) is 11.5 Å². The SMILES string of the molecule is CCOc1c(O)ccc(-c2nn[nH]n2)c1[N+](=O)[O-]. The molecular weight excluding hydrogens is 242 g/mol. The maximum Gasteiger partial charge on any atom is 0.325 e. The van der Waals surface area contributed by atoms with Gasteiger partial charge in [0.15, 0.2) is 5.75 Å². The van der Waals surface area contributed by atoms with Gasteiger partial charge in [0, 0.05) is 0 Å². The lowest BCUT2D eigenvalue weighted by atomic mass is 10.1. The number of benzene rings is 1. The number of H-pyrrole nitrogens is 1. The van der Waals surface area contributed by atoms with E-state index in [-0.39, 0.29) is 29.5 Å². The number of hydrogen-bond donors (Lipinski definition) is 2. The first kappa shape index (κ1) is 11.8. The number of aromatic nitrogens is 4. The van der Waals surface area contributed by atoms with Crippen LogP contribution in [0.15, 0.2) is 12.1 Å². The summed E-state index contributed by atoms with van der Waals surface area (Å²) < 4.78 is 5.09. The molecular formula is C9H9N5O4. The Morgan fingerprint density at radius 3 is 2.89 bits per heavy atom. The number of nitro groups is 1. The molecule has 0 atom stereocenters. The van der Waals surface area contributed by atoms with Gasteiger partial charge in [-0.3, -0.25) is 10.1 Å². The summed E-state index contributed by atoms with van der Waals surface area (Å²) in [7, 11) is 0. The van der Waals surface area contributed by atoms with E-state index in [1.807, 2.05) is 0 Å². The van der Waals surface area contributed by atoms with Crippen molar-refractivity contribution in [1.82, 2.24) is 20.6 Å².